The summed E-state index contributed by atoms with van der Waals surface area (Å²) in [6.45, 7) is 2.62. The van der Waals surface area contributed by atoms with Gasteiger partial charge in [-0.25, -0.2) is 5.43 Å². The topological polar surface area (TPSA) is 58.8 Å². The van der Waals surface area contributed by atoms with Crippen LogP contribution in [-0.4, -0.2) is 48.2 Å². The Morgan fingerprint density at radius 1 is 1.56 bits per heavy atom. The van der Waals surface area contributed by atoms with Crippen molar-refractivity contribution in [2.75, 3.05) is 31.1 Å². The van der Waals surface area contributed by atoms with Crippen molar-refractivity contribution in [2.24, 2.45) is 5.10 Å². The number of rotatable bonds is 4. The highest BCUT2D eigenvalue weighted by atomic mass is 32.2. The van der Waals surface area contributed by atoms with Crippen LogP contribution in [0.15, 0.2) is 29.6 Å². The highest BCUT2D eigenvalue weighted by Gasteiger charge is 2.16. The minimum atomic E-state index is -0.0305. The number of carbonyl (C=O) groups is 1. The molecule has 1 aromatic heterocycles. The molecule has 0 aromatic carbocycles. The van der Waals surface area contributed by atoms with Crippen molar-refractivity contribution < 1.29 is 9.69 Å². The van der Waals surface area contributed by atoms with Crippen LogP contribution in [0.1, 0.15) is 5.56 Å². The van der Waals surface area contributed by atoms with Gasteiger partial charge < -0.3 is 4.90 Å². The molecule has 0 atom stereocenters. The highest BCUT2D eigenvalue weighted by molar-refractivity contribution is 7.99. The number of pyridine rings is 1. The van der Waals surface area contributed by atoms with Crippen LogP contribution in [-0.2, 0) is 4.79 Å². The number of hydrogen-bond acceptors (Lipinski definition) is 4. The van der Waals surface area contributed by atoms with Crippen molar-refractivity contribution in [1.82, 2.24) is 10.4 Å². The molecule has 0 spiro atoms. The average molecular weight is 265 g/mol. The van der Waals surface area contributed by atoms with E-state index in [0.717, 1.165) is 30.2 Å². The number of nitrogens with one attached hydrogen (secondary N) is 2. The highest BCUT2D eigenvalue weighted by Crippen LogP contribution is 1.97. The van der Waals surface area contributed by atoms with Crippen LogP contribution in [0.25, 0.3) is 0 Å². The van der Waals surface area contributed by atoms with Gasteiger partial charge in [-0.2, -0.15) is 16.9 Å². The van der Waals surface area contributed by atoms with E-state index in [9.17, 15) is 4.79 Å². The molecule has 5 nitrogen and oxygen atoms in total. The molecular weight excluding hydrogens is 248 g/mol. The van der Waals surface area contributed by atoms with Gasteiger partial charge in [0.2, 0.25) is 0 Å². The molecule has 1 aromatic rings. The molecule has 0 radical (unpaired) electrons. The molecule has 6 heteroatoms. The molecule has 0 aliphatic carbocycles. The molecule has 2 heterocycles. The summed E-state index contributed by atoms with van der Waals surface area (Å²) in [6, 6.07) is 3.72. The van der Waals surface area contributed by atoms with E-state index in [2.05, 4.69) is 15.5 Å². The maximum Gasteiger partial charge on any atom is 0.295 e. The Bertz CT molecular complexity index is 404. The third kappa shape index (κ3) is 4.46. The summed E-state index contributed by atoms with van der Waals surface area (Å²) < 4.78 is 0. The standard InChI is InChI=1S/C12H16N4OS/c17-12(10-16-4-6-18-7-5-16)15-14-9-11-2-1-3-13-8-11/h1-3,8-9H,4-7,10H2,(H,15,17)/p+1/b14-9-. The smallest absolute Gasteiger partial charge is 0.295 e. The van der Waals surface area contributed by atoms with Crippen LogP contribution >= 0.6 is 11.8 Å². The first-order valence-corrected chi connectivity index (χ1v) is 7.13. The molecule has 18 heavy (non-hydrogen) atoms. The number of quaternary nitrogens is 1. The summed E-state index contributed by atoms with van der Waals surface area (Å²) >= 11 is 1.95. The largest absolute Gasteiger partial charge is 0.326 e. The summed E-state index contributed by atoms with van der Waals surface area (Å²) in [5.74, 6) is 2.25. The molecular formula is C12H17N4OS+. The van der Waals surface area contributed by atoms with Gasteiger partial charge in [0.25, 0.3) is 5.91 Å². The first-order chi connectivity index (χ1) is 8.84. The van der Waals surface area contributed by atoms with E-state index in [0.29, 0.717) is 6.54 Å². The van der Waals surface area contributed by atoms with E-state index >= 15 is 0 Å². The summed E-state index contributed by atoms with van der Waals surface area (Å²) in [6.07, 6.45) is 5.00. The zero-order chi connectivity index (χ0) is 12.6. The van der Waals surface area contributed by atoms with E-state index < -0.39 is 0 Å². The minimum absolute atomic E-state index is 0.0305. The van der Waals surface area contributed by atoms with Crippen LogP contribution < -0.4 is 10.3 Å². The van der Waals surface area contributed by atoms with Crippen LogP contribution in [0.5, 0.6) is 0 Å². The van der Waals surface area contributed by atoms with Crippen LogP contribution in [0.3, 0.4) is 0 Å². The van der Waals surface area contributed by atoms with Gasteiger partial charge in [0.15, 0.2) is 6.54 Å². The van der Waals surface area contributed by atoms with E-state index in [-0.39, 0.29) is 5.91 Å². The third-order valence-electron chi connectivity index (χ3n) is 2.70. The van der Waals surface area contributed by atoms with Crippen molar-refractivity contribution in [2.45, 2.75) is 0 Å². The van der Waals surface area contributed by atoms with Crippen LogP contribution in [0, 0.1) is 0 Å². The van der Waals surface area contributed by atoms with Gasteiger partial charge >= 0.3 is 0 Å². The van der Waals surface area contributed by atoms with Crippen molar-refractivity contribution in [3.05, 3.63) is 30.1 Å². The molecule has 2 N–H and O–H groups in total. The Balaban J connectivity index is 1.72. The SMILES string of the molecule is O=C(C[NH+]1CCSCC1)N/N=C\c1cccnc1. The number of nitrogens with zero attached hydrogens (tertiary/aromatic N) is 2. The summed E-state index contributed by atoms with van der Waals surface area (Å²) in [7, 11) is 0. The third-order valence-corrected chi connectivity index (χ3v) is 3.68. The molecule has 96 valence electrons. The second-order valence-corrected chi connectivity index (χ2v) is 5.34. The molecule has 0 unspecified atom stereocenters. The predicted octanol–water partition coefficient (Wildman–Crippen LogP) is -0.837. The average Bonchev–Trinajstić information content (AvgIpc) is 2.41. The number of carbonyl (C=O) groups excluding carboxylic acids is 1. The monoisotopic (exact) mass is 265 g/mol. The predicted molar refractivity (Wildman–Crippen MR) is 72.9 cm³/mol. The van der Waals surface area contributed by atoms with E-state index in [1.54, 1.807) is 18.6 Å². The first kappa shape index (κ1) is 13.0. The summed E-state index contributed by atoms with van der Waals surface area (Å²) in [5, 5.41) is 3.92. The Morgan fingerprint density at radius 2 is 2.39 bits per heavy atom. The Morgan fingerprint density at radius 3 is 3.11 bits per heavy atom. The van der Waals surface area contributed by atoms with Gasteiger partial charge in [0, 0.05) is 29.5 Å². The van der Waals surface area contributed by atoms with Crippen molar-refractivity contribution >= 4 is 23.9 Å². The second-order valence-electron chi connectivity index (χ2n) is 4.12. The quantitative estimate of drug-likeness (QED) is 0.551. The number of hydrogen-bond donors (Lipinski definition) is 2. The number of amides is 1. The maximum absolute atomic E-state index is 11.6. The lowest BCUT2D eigenvalue weighted by atomic mass is 10.3. The summed E-state index contributed by atoms with van der Waals surface area (Å²) in [5.41, 5.74) is 3.43. The minimum Gasteiger partial charge on any atom is -0.326 e. The molecule has 1 aliphatic rings. The number of hydrazone groups is 1. The molecule has 0 bridgehead atoms. The fourth-order valence-corrected chi connectivity index (χ4v) is 2.80. The maximum atomic E-state index is 11.6. The van der Waals surface area contributed by atoms with Crippen LogP contribution in [0.4, 0.5) is 0 Å². The molecule has 2 rings (SSSR count). The zero-order valence-corrected chi connectivity index (χ0v) is 10.9. The lowest BCUT2D eigenvalue weighted by molar-refractivity contribution is -0.888. The van der Waals surface area contributed by atoms with Gasteiger partial charge in [-0.1, -0.05) is 6.07 Å². The molecule has 0 saturated carbocycles. The lowest BCUT2D eigenvalue weighted by Crippen LogP contribution is -3.14. The van der Waals surface area contributed by atoms with Crippen molar-refractivity contribution in [3.8, 4) is 0 Å². The Kier molecular flexibility index (Phi) is 5.16. The van der Waals surface area contributed by atoms with Crippen LogP contribution in [0.2, 0.25) is 0 Å². The normalized spacial score (nSPS) is 16.9. The zero-order valence-electron chi connectivity index (χ0n) is 10.1. The molecule has 1 saturated heterocycles. The van der Waals surface area contributed by atoms with Crippen molar-refractivity contribution in [1.29, 1.82) is 0 Å². The first-order valence-electron chi connectivity index (χ1n) is 5.98. The summed E-state index contributed by atoms with van der Waals surface area (Å²) in [4.78, 5) is 16.9. The van der Waals surface area contributed by atoms with Gasteiger partial charge in [0.05, 0.1) is 19.3 Å². The van der Waals surface area contributed by atoms with E-state index in [1.807, 2.05) is 23.9 Å². The Hall–Kier alpha value is -1.40. The van der Waals surface area contributed by atoms with Gasteiger partial charge in [-0.15, -0.1) is 0 Å². The van der Waals surface area contributed by atoms with Gasteiger partial charge in [0.1, 0.15) is 0 Å². The number of thioether (sulfide) groups is 1. The van der Waals surface area contributed by atoms with E-state index in [4.69, 9.17) is 0 Å². The lowest BCUT2D eigenvalue weighted by Gasteiger charge is -2.21. The fraction of sp³-hybridized carbons (Fsp3) is 0.417. The molecule has 1 aliphatic heterocycles. The molecule has 1 amide bonds. The van der Waals surface area contributed by atoms with Crippen molar-refractivity contribution in [3.63, 3.8) is 0 Å². The van der Waals surface area contributed by atoms with Gasteiger partial charge in [-0.3, -0.25) is 9.78 Å². The Labute approximate surface area is 111 Å². The fourth-order valence-electron chi connectivity index (χ4n) is 1.73. The van der Waals surface area contributed by atoms with Gasteiger partial charge in [-0.05, 0) is 6.07 Å². The van der Waals surface area contributed by atoms with E-state index in [1.165, 1.54) is 4.90 Å². The second kappa shape index (κ2) is 7.13. The number of aromatic nitrogens is 1. The molecule has 1 fully saturated rings.